The van der Waals surface area contributed by atoms with E-state index in [0.717, 1.165) is 13.0 Å². The smallest absolute Gasteiger partial charge is 0.0575 e. The molecule has 0 heterocycles. The lowest BCUT2D eigenvalue weighted by molar-refractivity contribution is -0.110. The van der Waals surface area contributed by atoms with Crippen molar-refractivity contribution in [2.24, 2.45) is 5.73 Å². The van der Waals surface area contributed by atoms with E-state index in [-0.39, 0.29) is 6.04 Å². The number of hydrogen-bond donors (Lipinski definition) is 1. The van der Waals surface area contributed by atoms with Crippen molar-refractivity contribution in [1.29, 1.82) is 0 Å². The van der Waals surface area contributed by atoms with Gasteiger partial charge >= 0.3 is 0 Å². The summed E-state index contributed by atoms with van der Waals surface area (Å²) in [7, 11) is 3.56. The largest absolute Gasteiger partial charge is 0.324 e. The zero-order chi connectivity index (χ0) is 10.4. The molecule has 0 aliphatic rings. The minimum absolute atomic E-state index is 0.0915. The molecule has 0 saturated carbocycles. The molecule has 0 aliphatic carbocycles. The molecule has 1 aromatic carbocycles. The van der Waals surface area contributed by atoms with Gasteiger partial charge in [0.25, 0.3) is 0 Å². The molecule has 0 saturated heterocycles. The second-order valence-corrected chi connectivity index (χ2v) is 3.34. The van der Waals surface area contributed by atoms with Gasteiger partial charge in [0, 0.05) is 19.6 Å². The summed E-state index contributed by atoms with van der Waals surface area (Å²) in [5.41, 5.74) is 7.19. The van der Waals surface area contributed by atoms with Gasteiger partial charge in [0.15, 0.2) is 0 Å². The minimum atomic E-state index is 0.0915. The predicted molar refractivity (Wildman–Crippen MR) is 57.6 cm³/mol. The van der Waals surface area contributed by atoms with Crippen LogP contribution in [0.1, 0.15) is 18.0 Å². The standard InChI is InChI=1S/C11H18N2O/c1-13(14-2)9-8-11(12)10-6-4-3-5-7-10/h3-7,11H,8-9,12H2,1-2H3. The molecule has 14 heavy (non-hydrogen) atoms. The maximum atomic E-state index is 6.02. The summed E-state index contributed by atoms with van der Waals surface area (Å²) in [5.74, 6) is 0. The van der Waals surface area contributed by atoms with Crippen LogP contribution in [0.5, 0.6) is 0 Å². The molecule has 0 bridgehead atoms. The Balaban J connectivity index is 2.39. The highest BCUT2D eigenvalue weighted by molar-refractivity contribution is 5.18. The number of hydroxylamine groups is 2. The zero-order valence-electron chi connectivity index (χ0n) is 8.81. The van der Waals surface area contributed by atoms with Crippen molar-refractivity contribution in [1.82, 2.24) is 5.06 Å². The average molecular weight is 194 g/mol. The Kier molecular flexibility index (Phi) is 4.59. The quantitative estimate of drug-likeness (QED) is 0.723. The SMILES string of the molecule is CON(C)CCC(N)c1ccccc1. The third-order valence-electron chi connectivity index (χ3n) is 2.29. The number of benzene rings is 1. The van der Waals surface area contributed by atoms with E-state index in [4.69, 9.17) is 10.6 Å². The van der Waals surface area contributed by atoms with Crippen molar-refractivity contribution in [2.75, 3.05) is 20.7 Å². The van der Waals surface area contributed by atoms with Crippen LogP contribution in [0.3, 0.4) is 0 Å². The third kappa shape index (κ3) is 3.46. The Morgan fingerprint density at radius 2 is 2.00 bits per heavy atom. The molecule has 0 spiro atoms. The molecule has 0 radical (unpaired) electrons. The lowest BCUT2D eigenvalue weighted by atomic mass is 10.1. The highest BCUT2D eigenvalue weighted by Crippen LogP contribution is 2.13. The Labute approximate surface area is 85.4 Å². The van der Waals surface area contributed by atoms with E-state index in [1.807, 2.05) is 25.2 Å². The van der Waals surface area contributed by atoms with Crippen molar-refractivity contribution in [3.63, 3.8) is 0 Å². The second-order valence-electron chi connectivity index (χ2n) is 3.34. The maximum absolute atomic E-state index is 6.02. The van der Waals surface area contributed by atoms with Gasteiger partial charge < -0.3 is 10.6 Å². The highest BCUT2D eigenvalue weighted by atomic mass is 16.7. The van der Waals surface area contributed by atoms with Gasteiger partial charge in [-0.1, -0.05) is 30.3 Å². The average Bonchev–Trinajstić information content (AvgIpc) is 2.26. The first-order chi connectivity index (χ1) is 6.74. The van der Waals surface area contributed by atoms with Crippen molar-refractivity contribution in [3.05, 3.63) is 35.9 Å². The summed E-state index contributed by atoms with van der Waals surface area (Å²) in [4.78, 5) is 5.01. The molecule has 2 N–H and O–H groups in total. The second kappa shape index (κ2) is 5.75. The van der Waals surface area contributed by atoms with Crippen LogP contribution in [-0.2, 0) is 4.84 Å². The van der Waals surface area contributed by atoms with Gasteiger partial charge in [-0.15, -0.1) is 0 Å². The van der Waals surface area contributed by atoms with Crippen LogP contribution in [-0.4, -0.2) is 25.8 Å². The molecule has 1 aromatic rings. The van der Waals surface area contributed by atoms with E-state index in [0.29, 0.717) is 0 Å². The molecule has 0 aromatic heterocycles. The summed E-state index contributed by atoms with van der Waals surface area (Å²) in [5, 5.41) is 1.78. The van der Waals surface area contributed by atoms with Crippen molar-refractivity contribution >= 4 is 0 Å². The molecule has 3 heteroatoms. The van der Waals surface area contributed by atoms with Crippen LogP contribution in [0.25, 0.3) is 0 Å². The molecule has 3 nitrogen and oxygen atoms in total. The molecule has 1 rings (SSSR count). The van der Waals surface area contributed by atoms with Crippen LogP contribution in [0.15, 0.2) is 30.3 Å². The van der Waals surface area contributed by atoms with Gasteiger partial charge in [0.1, 0.15) is 0 Å². The van der Waals surface area contributed by atoms with Crippen LogP contribution in [0.4, 0.5) is 0 Å². The van der Waals surface area contributed by atoms with E-state index in [2.05, 4.69) is 12.1 Å². The normalized spacial score (nSPS) is 13.1. The van der Waals surface area contributed by atoms with Gasteiger partial charge in [0.2, 0.25) is 0 Å². The van der Waals surface area contributed by atoms with E-state index in [1.54, 1.807) is 12.2 Å². The Morgan fingerprint density at radius 3 is 2.57 bits per heavy atom. The van der Waals surface area contributed by atoms with Gasteiger partial charge in [0.05, 0.1) is 7.11 Å². The predicted octanol–water partition coefficient (Wildman–Crippen LogP) is 1.57. The molecule has 1 atom stereocenters. The van der Waals surface area contributed by atoms with E-state index in [1.165, 1.54) is 5.56 Å². The molecule has 1 unspecified atom stereocenters. The van der Waals surface area contributed by atoms with Gasteiger partial charge in [-0.25, -0.2) is 0 Å². The summed E-state index contributed by atoms with van der Waals surface area (Å²) in [6.07, 6.45) is 0.897. The molecular formula is C11H18N2O. The fourth-order valence-corrected chi connectivity index (χ4v) is 1.28. The highest BCUT2D eigenvalue weighted by Gasteiger charge is 2.06. The molecule has 0 fully saturated rings. The first-order valence-corrected chi connectivity index (χ1v) is 4.80. The molecular weight excluding hydrogens is 176 g/mol. The summed E-state index contributed by atoms with van der Waals surface area (Å²) in [6.45, 7) is 0.840. The number of hydrogen-bond acceptors (Lipinski definition) is 3. The Hall–Kier alpha value is -0.900. The summed E-state index contributed by atoms with van der Waals surface area (Å²) in [6, 6.07) is 10.2. The van der Waals surface area contributed by atoms with Gasteiger partial charge in [-0.3, -0.25) is 0 Å². The third-order valence-corrected chi connectivity index (χ3v) is 2.29. The van der Waals surface area contributed by atoms with Crippen LogP contribution >= 0.6 is 0 Å². The lowest BCUT2D eigenvalue weighted by Gasteiger charge is -2.17. The first kappa shape index (κ1) is 11.2. The van der Waals surface area contributed by atoms with Crippen molar-refractivity contribution in [3.8, 4) is 0 Å². The fourth-order valence-electron chi connectivity index (χ4n) is 1.28. The summed E-state index contributed by atoms with van der Waals surface area (Å²) < 4.78 is 0. The van der Waals surface area contributed by atoms with Crippen molar-refractivity contribution < 1.29 is 4.84 Å². The van der Waals surface area contributed by atoms with Crippen LogP contribution < -0.4 is 5.73 Å². The molecule has 0 amide bonds. The molecule has 0 aliphatic heterocycles. The Bertz CT molecular complexity index is 251. The molecule has 78 valence electrons. The van der Waals surface area contributed by atoms with Gasteiger partial charge in [-0.2, -0.15) is 5.06 Å². The Morgan fingerprint density at radius 1 is 1.36 bits per heavy atom. The van der Waals surface area contributed by atoms with Crippen molar-refractivity contribution in [2.45, 2.75) is 12.5 Å². The lowest BCUT2D eigenvalue weighted by Crippen LogP contribution is -2.22. The monoisotopic (exact) mass is 194 g/mol. The van der Waals surface area contributed by atoms with E-state index < -0.39 is 0 Å². The van der Waals surface area contributed by atoms with E-state index in [9.17, 15) is 0 Å². The summed E-state index contributed by atoms with van der Waals surface area (Å²) >= 11 is 0. The minimum Gasteiger partial charge on any atom is -0.324 e. The van der Waals surface area contributed by atoms with E-state index >= 15 is 0 Å². The topological polar surface area (TPSA) is 38.5 Å². The van der Waals surface area contributed by atoms with Crippen LogP contribution in [0.2, 0.25) is 0 Å². The first-order valence-electron chi connectivity index (χ1n) is 4.80. The van der Waals surface area contributed by atoms with Crippen LogP contribution in [0, 0.1) is 0 Å². The number of nitrogens with zero attached hydrogens (tertiary/aromatic N) is 1. The number of rotatable bonds is 5. The number of nitrogens with two attached hydrogens (primary N) is 1. The van der Waals surface area contributed by atoms with Gasteiger partial charge in [-0.05, 0) is 12.0 Å². The zero-order valence-corrected chi connectivity index (χ0v) is 8.81. The fraction of sp³-hybridized carbons (Fsp3) is 0.455. The maximum Gasteiger partial charge on any atom is 0.0575 e.